The molecule has 94 valence electrons. The van der Waals surface area contributed by atoms with Gasteiger partial charge in [-0.3, -0.25) is 0 Å². The molecule has 19 heavy (non-hydrogen) atoms. The maximum atomic E-state index is 5.99. The van der Waals surface area contributed by atoms with Crippen LogP contribution in [0.3, 0.4) is 0 Å². The van der Waals surface area contributed by atoms with Crippen LogP contribution in [0.1, 0.15) is 0 Å². The van der Waals surface area contributed by atoms with E-state index in [1.807, 2.05) is 54.4 Å². The van der Waals surface area contributed by atoms with Gasteiger partial charge in [-0.05, 0) is 35.9 Å². The summed E-state index contributed by atoms with van der Waals surface area (Å²) in [5.41, 5.74) is 0.820. The minimum Gasteiger partial charge on any atom is -0.313 e. The minimum atomic E-state index is 0.233. The third-order valence-electron chi connectivity index (χ3n) is 2.87. The molecule has 0 spiro atoms. The van der Waals surface area contributed by atoms with Crippen molar-refractivity contribution in [3.63, 3.8) is 0 Å². The van der Waals surface area contributed by atoms with Gasteiger partial charge in [0.15, 0.2) is 0 Å². The molecule has 0 aliphatic carbocycles. The van der Waals surface area contributed by atoms with Crippen molar-refractivity contribution in [2.24, 2.45) is 0 Å². The van der Waals surface area contributed by atoms with Gasteiger partial charge in [0.25, 0.3) is 0 Å². The fraction of sp³-hybridized carbons (Fsp3) is 0.0714. The van der Waals surface area contributed by atoms with E-state index in [0.717, 1.165) is 22.5 Å². The van der Waals surface area contributed by atoms with Crippen molar-refractivity contribution < 1.29 is 0 Å². The highest BCUT2D eigenvalue weighted by molar-refractivity contribution is 6.28. The van der Waals surface area contributed by atoms with Crippen molar-refractivity contribution >= 4 is 34.1 Å². The Balaban J connectivity index is 2.19. The molecule has 2 aromatic heterocycles. The number of hydrogen-bond donors (Lipinski definition) is 0. The van der Waals surface area contributed by atoms with Gasteiger partial charge in [0.05, 0.1) is 5.52 Å². The zero-order valence-corrected chi connectivity index (χ0v) is 11.0. The number of para-hydroxylation sites is 1. The molecule has 3 rings (SSSR count). The zero-order chi connectivity index (χ0) is 13.2. The molecule has 0 saturated heterocycles. The Morgan fingerprint density at radius 1 is 1.00 bits per heavy atom. The maximum absolute atomic E-state index is 5.99. The Kier molecular flexibility index (Phi) is 3.01. The lowest BCUT2D eigenvalue weighted by Crippen LogP contribution is -2.13. The van der Waals surface area contributed by atoms with Gasteiger partial charge in [-0.1, -0.05) is 18.2 Å². The molecule has 0 fully saturated rings. The minimum absolute atomic E-state index is 0.233. The molecule has 0 N–H and O–H groups in total. The first kappa shape index (κ1) is 11.9. The second kappa shape index (κ2) is 4.82. The zero-order valence-electron chi connectivity index (χ0n) is 10.3. The quantitative estimate of drug-likeness (QED) is 0.669. The molecule has 0 unspecified atom stereocenters. The summed E-state index contributed by atoms with van der Waals surface area (Å²) in [7, 11) is 1.91. The summed E-state index contributed by atoms with van der Waals surface area (Å²) >= 11 is 5.99. The summed E-state index contributed by atoms with van der Waals surface area (Å²) in [5, 5.41) is 1.18. The number of halogens is 1. The van der Waals surface area contributed by atoms with Crippen molar-refractivity contribution in [2.75, 3.05) is 11.9 Å². The molecular formula is C14H11ClN4. The van der Waals surface area contributed by atoms with Crippen molar-refractivity contribution in [1.82, 2.24) is 15.0 Å². The number of nitrogens with zero attached hydrogens (tertiary/aromatic N) is 4. The molecule has 1 aromatic carbocycles. The molecule has 0 aliphatic heterocycles. The van der Waals surface area contributed by atoms with Crippen LogP contribution in [0.2, 0.25) is 5.28 Å². The highest BCUT2D eigenvalue weighted by Gasteiger charge is 2.12. The second-order valence-electron chi connectivity index (χ2n) is 4.08. The maximum Gasteiger partial charge on any atom is 0.224 e. The average molecular weight is 271 g/mol. The van der Waals surface area contributed by atoms with Crippen molar-refractivity contribution in [2.45, 2.75) is 0 Å². The number of anilines is 2. The van der Waals surface area contributed by atoms with E-state index < -0.39 is 0 Å². The van der Waals surface area contributed by atoms with Gasteiger partial charge in [0, 0.05) is 18.6 Å². The number of aromatic nitrogens is 3. The molecule has 0 atom stereocenters. The predicted octanol–water partition coefficient (Wildman–Crippen LogP) is 3.45. The Morgan fingerprint density at radius 2 is 1.79 bits per heavy atom. The number of pyridine rings is 1. The van der Waals surface area contributed by atoms with E-state index in [9.17, 15) is 0 Å². The third kappa shape index (κ3) is 2.22. The van der Waals surface area contributed by atoms with Crippen LogP contribution in [0.25, 0.3) is 10.9 Å². The van der Waals surface area contributed by atoms with Crippen LogP contribution in [-0.2, 0) is 0 Å². The number of fused-ring (bicyclic) bond motifs is 1. The Morgan fingerprint density at radius 3 is 2.58 bits per heavy atom. The molecule has 0 bridgehead atoms. The van der Waals surface area contributed by atoms with Crippen LogP contribution in [0.5, 0.6) is 0 Å². The third-order valence-corrected chi connectivity index (χ3v) is 3.04. The Hall–Kier alpha value is -2.20. The first-order chi connectivity index (χ1) is 9.25. The Bertz CT molecular complexity index is 715. The van der Waals surface area contributed by atoms with Crippen LogP contribution in [0, 0.1) is 0 Å². The fourth-order valence-corrected chi connectivity index (χ4v) is 2.12. The SMILES string of the molecule is CN(c1ccccn1)c1nc(Cl)nc2ccccc12. The molecular weight excluding hydrogens is 260 g/mol. The highest BCUT2D eigenvalue weighted by atomic mass is 35.5. The monoisotopic (exact) mass is 270 g/mol. The lowest BCUT2D eigenvalue weighted by molar-refractivity contribution is 1.07. The van der Waals surface area contributed by atoms with Crippen LogP contribution < -0.4 is 4.90 Å². The lowest BCUT2D eigenvalue weighted by atomic mass is 10.2. The van der Waals surface area contributed by atoms with E-state index in [2.05, 4.69) is 15.0 Å². The standard InChI is InChI=1S/C14H11ClN4/c1-19(12-8-4-5-9-16-12)13-10-6-2-3-7-11(10)17-14(15)18-13/h2-9H,1H3. The van der Waals surface area contributed by atoms with E-state index in [1.165, 1.54) is 0 Å². The van der Waals surface area contributed by atoms with Crippen molar-refractivity contribution in [3.05, 3.63) is 53.9 Å². The summed E-state index contributed by atoms with van der Waals surface area (Å²) in [6.45, 7) is 0. The van der Waals surface area contributed by atoms with E-state index in [0.29, 0.717) is 0 Å². The molecule has 5 heteroatoms. The second-order valence-corrected chi connectivity index (χ2v) is 4.42. The van der Waals surface area contributed by atoms with Gasteiger partial charge < -0.3 is 4.90 Å². The largest absolute Gasteiger partial charge is 0.313 e. The summed E-state index contributed by atoms with van der Waals surface area (Å²) < 4.78 is 0. The summed E-state index contributed by atoms with van der Waals surface area (Å²) in [5.74, 6) is 1.55. The molecule has 4 nitrogen and oxygen atoms in total. The number of hydrogen-bond acceptors (Lipinski definition) is 4. The van der Waals surface area contributed by atoms with Gasteiger partial charge in [0.2, 0.25) is 5.28 Å². The van der Waals surface area contributed by atoms with Gasteiger partial charge >= 0.3 is 0 Å². The highest BCUT2D eigenvalue weighted by Crippen LogP contribution is 2.28. The normalized spacial score (nSPS) is 10.6. The van der Waals surface area contributed by atoms with Crippen LogP contribution in [0.15, 0.2) is 48.7 Å². The van der Waals surface area contributed by atoms with Gasteiger partial charge in [-0.25, -0.2) is 9.97 Å². The van der Waals surface area contributed by atoms with Gasteiger partial charge in [0.1, 0.15) is 11.6 Å². The van der Waals surface area contributed by atoms with Crippen molar-refractivity contribution in [3.8, 4) is 0 Å². The summed E-state index contributed by atoms with van der Waals surface area (Å²) in [6.07, 6.45) is 1.75. The van der Waals surface area contributed by atoms with E-state index in [4.69, 9.17) is 11.6 Å². The smallest absolute Gasteiger partial charge is 0.224 e. The Labute approximate surface area is 115 Å². The van der Waals surface area contributed by atoms with Crippen LogP contribution >= 0.6 is 11.6 Å². The van der Waals surface area contributed by atoms with Crippen LogP contribution in [0.4, 0.5) is 11.6 Å². The number of rotatable bonds is 2. The van der Waals surface area contributed by atoms with Crippen LogP contribution in [-0.4, -0.2) is 22.0 Å². The molecule has 0 amide bonds. The fourth-order valence-electron chi connectivity index (χ4n) is 1.95. The summed E-state index contributed by atoms with van der Waals surface area (Å²) in [4.78, 5) is 14.8. The van der Waals surface area contributed by atoms with E-state index in [1.54, 1.807) is 6.20 Å². The molecule has 2 heterocycles. The first-order valence-corrected chi connectivity index (χ1v) is 6.20. The van der Waals surface area contributed by atoms with Gasteiger partial charge in [-0.15, -0.1) is 0 Å². The summed E-state index contributed by atoms with van der Waals surface area (Å²) in [6, 6.07) is 13.5. The first-order valence-electron chi connectivity index (χ1n) is 5.83. The topological polar surface area (TPSA) is 41.9 Å². The number of benzene rings is 1. The molecule has 0 radical (unpaired) electrons. The predicted molar refractivity (Wildman–Crippen MR) is 76.8 cm³/mol. The van der Waals surface area contributed by atoms with Gasteiger partial charge in [-0.2, -0.15) is 4.98 Å². The van der Waals surface area contributed by atoms with E-state index in [-0.39, 0.29) is 5.28 Å². The lowest BCUT2D eigenvalue weighted by Gasteiger charge is -2.18. The molecule has 0 aliphatic rings. The molecule has 3 aromatic rings. The van der Waals surface area contributed by atoms with Crippen molar-refractivity contribution in [1.29, 1.82) is 0 Å². The average Bonchev–Trinajstić information content (AvgIpc) is 2.46. The molecule has 0 saturated carbocycles. The van der Waals surface area contributed by atoms with E-state index >= 15 is 0 Å².